The third-order valence-electron chi connectivity index (χ3n) is 5.45. The van der Waals surface area contributed by atoms with Crippen molar-refractivity contribution in [3.63, 3.8) is 0 Å². The number of thiocarbonyl (C=S) groups is 1. The van der Waals surface area contributed by atoms with E-state index in [1.54, 1.807) is 6.92 Å². The van der Waals surface area contributed by atoms with E-state index < -0.39 is 6.04 Å². The summed E-state index contributed by atoms with van der Waals surface area (Å²) < 4.78 is 11.5. The molecule has 0 radical (unpaired) electrons. The Bertz CT molecular complexity index is 935. The number of hydrogen-bond donors (Lipinski definition) is 2. The van der Waals surface area contributed by atoms with Crippen molar-refractivity contribution in [2.75, 3.05) is 6.61 Å². The highest BCUT2D eigenvalue weighted by Gasteiger charge is 2.33. The molecule has 6 heteroatoms. The predicted octanol–water partition coefficient (Wildman–Crippen LogP) is 4.50. The van der Waals surface area contributed by atoms with Gasteiger partial charge in [-0.25, -0.2) is 4.79 Å². The Kier molecular flexibility index (Phi) is 6.33. The summed E-state index contributed by atoms with van der Waals surface area (Å²) in [5, 5.41) is 6.86. The lowest BCUT2D eigenvalue weighted by atomic mass is 9.93. The van der Waals surface area contributed by atoms with Crippen LogP contribution in [-0.4, -0.2) is 23.8 Å². The van der Waals surface area contributed by atoms with Gasteiger partial charge in [-0.05, 0) is 68.1 Å². The van der Waals surface area contributed by atoms with Crippen LogP contribution in [0.3, 0.4) is 0 Å². The normalized spacial score (nSPS) is 19.2. The number of rotatable bonds is 6. The Labute approximate surface area is 182 Å². The molecular weight excluding hydrogens is 396 g/mol. The lowest BCUT2D eigenvalue weighted by Crippen LogP contribution is -2.45. The first-order valence-corrected chi connectivity index (χ1v) is 10.9. The molecule has 1 atom stereocenters. The summed E-state index contributed by atoms with van der Waals surface area (Å²) >= 11 is 5.45. The Hall–Kier alpha value is -2.86. The fourth-order valence-corrected chi connectivity index (χ4v) is 4.23. The van der Waals surface area contributed by atoms with Gasteiger partial charge < -0.3 is 20.1 Å². The zero-order chi connectivity index (χ0) is 20.9. The average molecular weight is 423 g/mol. The molecule has 0 saturated heterocycles. The molecule has 4 rings (SSSR count). The average Bonchev–Trinajstić information content (AvgIpc) is 3.27. The van der Waals surface area contributed by atoms with Crippen LogP contribution in [0.1, 0.15) is 49.8 Å². The molecule has 0 bridgehead atoms. The second kappa shape index (κ2) is 9.30. The van der Waals surface area contributed by atoms with Crippen LogP contribution in [-0.2, 0) is 9.53 Å². The number of nitrogens with one attached hydrogen (secondary N) is 2. The summed E-state index contributed by atoms with van der Waals surface area (Å²) in [5.74, 6) is 0.488. The Morgan fingerprint density at radius 3 is 2.43 bits per heavy atom. The maximum Gasteiger partial charge on any atom is 0.338 e. The molecule has 2 aromatic carbocycles. The van der Waals surface area contributed by atoms with Gasteiger partial charge in [0.25, 0.3) is 0 Å². The van der Waals surface area contributed by atoms with Crippen LogP contribution in [0.2, 0.25) is 0 Å². The SMILES string of the molecule is CCOC(=O)C1=C(c2ccccc2)NC(=S)N[C@H]1c1ccc(OC2CCCC2)cc1. The van der Waals surface area contributed by atoms with Gasteiger partial charge in [0, 0.05) is 0 Å². The van der Waals surface area contributed by atoms with Crippen LogP contribution >= 0.6 is 12.2 Å². The molecule has 156 valence electrons. The van der Waals surface area contributed by atoms with E-state index in [-0.39, 0.29) is 5.97 Å². The van der Waals surface area contributed by atoms with Gasteiger partial charge in [-0.2, -0.15) is 0 Å². The van der Waals surface area contributed by atoms with Crippen molar-refractivity contribution in [3.05, 3.63) is 71.3 Å². The van der Waals surface area contributed by atoms with Crippen LogP contribution in [0.15, 0.2) is 60.2 Å². The van der Waals surface area contributed by atoms with E-state index in [0.29, 0.717) is 29.1 Å². The van der Waals surface area contributed by atoms with Gasteiger partial charge in [0.15, 0.2) is 5.11 Å². The molecule has 0 unspecified atom stereocenters. The van der Waals surface area contributed by atoms with E-state index in [1.165, 1.54) is 12.8 Å². The van der Waals surface area contributed by atoms with Crippen molar-refractivity contribution in [2.24, 2.45) is 0 Å². The minimum atomic E-state index is -0.409. The molecule has 30 heavy (non-hydrogen) atoms. The second-order valence-electron chi connectivity index (χ2n) is 7.50. The first-order chi connectivity index (χ1) is 14.7. The number of carbonyl (C=O) groups is 1. The van der Waals surface area contributed by atoms with Gasteiger partial charge in [-0.1, -0.05) is 42.5 Å². The van der Waals surface area contributed by atoms with E-state index in [2.05, 4.69) is 10.6 Å². The largest absolute Gasteiger partial charge is 0.490 e. The van der Waals surface area contributed by atoms with E-state index in [1.807, 2.05) is 54.6 Å². The maximum atomic E-state index is 12.9. The lowest BCUT2D eigenvalue weighted by Gasteiger charge is -2.31. The van der Waals surface area contributed by atoms with Crippen LogP contribution in [0.5, 0.6) is 5.75 Å². The zero-order valence-electron chi connectivity index (χ0n) is 17.0. The number of hydrogen-bond acceptors (Lipinski definition) is 4. The Morgan fingerprint density at radius 2 is 1.77 bits per heavy atom. The molecule has 1 aliphatic heterocycles. The smallest absolute Gasteiger partial charge is 0.338 e. The van der Waals surface area contributed by atoms with Gasteiger partial charge in [-0.3, -0.25) is 0 Å². The van der Waals surface area contributed by atoms with Gasteiger partial charge in [0.1, 0.15) is 5.75 Å². The Balaban J connectivity index is 1.69. The quantitative estimate of drug-likeness (QED) is 0.528. The van der Waals surface area contributed by atoms with Gasteiger partial charge in [0.2, 0.25) is 0 Å². The van der Waals surface area contributed by atoms with Crippen molar-refractivity contribution >= 4 is 29.0 Å². The molecule has 0 aromatic heterocycles. The summed E-state index contributed by atoms with van der Waals surface area (Å²) in [6.07, 6.45) is 4.99. The summed E-state index contributed by atoms with van der Waals surface area (Å²) in [6.45, 7) is 2.11. The van der Waals surface area contributed by atoms with Crippen LogP contribution in [0, 0.1) is 0 Å². The van der Waals surface area contributed by atoms with Gasteiger partial charge in [-0.15, -0.1) is 0 Å². The summed E-state index contributed by atoms with van der Waals surface area (Å²) in [6, 6.07) is 17.2. The second-order valence-corrected chi connectivity index (χ2v) is 7.91. The van der Waals surface area contributed by atoms with Crippen molar-refractivity contribution in [1.29, 1.82) is 0 Å². The van der Waals surface area contributed by atoms with Crippen LogP contribution in [0.4, 0.5) is 0 Å². The standard InChI is InChI=1S/C24H26N2O3S/c1-2-28-23(27)20-21(16-8-4-3-5-9-16)25-24(30)26-22(20)17-12-14-19(15-13-17)29-18-10-6-7-11-18/h3-5,8-9,12-15,18,22H,2,6-7,10-11H2,1H3,(H2,25,26,30)/t22-/m0/s1. The van der Waals surface area contributed by atoms with Crippen molar-refractivity contribution in [1.82, 2.24) is 10.6 Å². The highest BCUT2D eigenvalue weighted by molar-refractivity contribution is 7.80. The third-order valence-corrected chi connectivity index (χ3v) is 5.67. The molecular formula is C24H26N2O3S. The van der Waals surface area contributed by atoms with E-state index in [0.717, 1.165) is 29.7 Å². The molecule has 2 N–H and O–H groups in total. The molecule has 0 amide bonds. The topological polar surface area (TPSA) is 59.6 Å². The molecule has 1 heterocycles. The highest BCUT2D eigenvalue weighted by atomic mass is 32.1. The number of benzene rings is 2. The molecule has 2 aromatic rings. The summed E-state index contributed by atoms with van der Waals surface area (Å²) in [5.41, 5.74) is 3.00. The third kappa shape index (κ3) is 4.49. The van der Waals surface area contributed by atoms with Gasteiger partial charge in [0.05, 0.1) is 30.0 Å². The summed E-state index contributed by atoms with van der Waals surface area (Å²) in [4.78, 5) is 12.9. The minimum absolute atomic E-state index is 0.301. The van der Waals surface area contributed by atoms with Crippen LogP contribution in [0.25, 0.3) is 5.70 Å². The van der Waals surface area contributed by atoms with Crippen LogP contribution < -0.4 is 15.4 Å². The number of ether oxygens (including phenoxy) is 2. The summed E-state index contributed by atoms with van der Waals surface area (Å²) in [7, 11) is 0. The fraction of sp³-hybridized carbons (Fsp3) is 0.333. The number of esters is 1. The molecule has 1 saturated carbocycles. The molecule has 1 fully saturated rings. The minimum Gasteiger partial charge on any atom is -0.490 e. The first-order valence-electron chi connectivity index (χ1n) is 10.5. The lowest BCUT2D eigenvalue weighted by molar-refractivity contribution is -0.138. The molecule has 5 nitrogen and oxygen atoms in total. The van der Waals surface area contributed by atoms with E-state index in [4.69, 9.17) is 21.7 Å². The van der Waals surface area contributed by atoms with Gasteiger partial charge >= 0.3 is 5.97 Å². The molecule has 1 aliphatic carbocycles. The molecule has 0 spiro atoms. The van der Waals surface area contributed by atoms with Crippen molar-refractivity contribution < 1.29 is 14.3 Å². The maximum absolute atomic E-state index is 12.9. The zero-order valence-corrected chi connectivity index (χ0v) is 17.8. The van der Waals surface area contributed by atoms with E-state index >= 15 is 0 Å². The Morgan fingerprint density at radius 1 is 1.07 bits per heavy atom. The van der Waals surface area contributed by atoms with Crippen molar-refractivity contribution in [2.45, 2.75) is 44.8 Å². The number of carbonyl (C=O) groups excluding carboxylic acids is 1. The van der Waals surface area contributed by atoms with Crippen molar-refractivity contribution in [3.8, 4) is 5.75 Å². The van der Waals surface area contributed by atoms with E-state index in [9.17, 15) is 4.79 Å². The first kappa shape index (κ1) is 20.4. The monoisotopic (exact) mass is 422 g/mol. The highest BCUT2D eigenvalue weighted by Crippen LogP contribution is 2.33. The molecule has 2 aliphatic rings. The fourth-order valence-electron chi connectivity index (χ4n) is 4.01. The predicted molar refractivity (Wildman–Crippen MR) is 121 cm³/mol.